The predicted molar refractivity (Wildman–Crippen MR) is 212 cm³/mol. The maximum atomic E-state index is 7.14. The van der Waals surface area contributed by atoms with Crippen LogP contribution in [0.15, 0.2) is 185 Å². The Bertz CT molecular complexity index is 3130. The zero-order valence-electron chi connectivity index (χ0n) is 27.5. The third kappa shape index (κ3) is 4.19. The molecule has 3 heterocycles. The molecule has 0 saturated carbocycles. The molecule has 238 valence electrons. The van der Waals surface area contributed by atoms with Crippen molar-refractivity contribution in [3.05, 3.63) is 176 Å². The summed E-state index contributed by atoms with van der Waals surface area (Å²) in [7, 11) is 0. The van der Waals surface area contributed by atoms with E-state index in [0.29, 0.717) is 0 Å². The maximum absolute atomic E-state index is 7.14. The number of hydrogen-bond acceptors (Lipinski definition) is 2. The minimum atomic E-state index is 0.858. The molecule has 0 aliphatic heterocycles. The Kier molecular flexibility index (Phi) is 5.96. The van der Waals surface area contributed by atoms with Crippen molar-refractivity contribution in [2.75, 3.05) is 0 Å². The van der Waals surface area contributed by atoms with Crippen LogP contribution < -0.4 is 0 Å². The fourth-order valence-corrected chi connectivity index (χ4v) is 8.08. The van der Waals surface area contributed by atoms with E-state index in [0.717, 1.165) is 82.9 Å². The second kappa shape index (κ2) is 10.8. The first-order chi connectivity index (χ1) is 25.3. The number of para-hydroxylation sites is 3. The van der Waals surface area contributed by atoms with Crippen LogP contribution >= 0.6 is 0 Å². The van der Waals surface area contributed by atoms with Crippen LogP contribution in [0.1, 0.15) is 0 Å². The molecule has 0 aliphatic rings. The van der Waals surface area contributed by atoms with Gasteiger partial charge >= 0.3 is 0 Å². The number of aromatic nitrogens is 1. The van der Waals surface area contributed by atoms with Crippen LogP contribution in [-0.4, -0.2) is 4.57 Å². The average Bonchev–Trinajstić information content (AvgIpc) is 3.88. The highest BCUT2D eigenvalue weighted by molar-refractivity contribution is 6.19. The molecule has 3 nitrogen and oxygen atoms in total. The molecule has 0 amide bonds. The lowest BCUT2D eigenvalue weighted by atomic mass is 9.94. The summed E-state index contributed by atoms with van der Waals surface area (Å²) in [4.78, 5) is 0. The van der Waals surface area contributed by atoms with Gasteiger partial charge in [-0.1, -0.05) is 127 Å². The summed E-state index contributed by atoms with van der Waals surface area (Å²) >= 11 is 0. The van der Waals surface area contributed by atoms with Gasteiger partial charge in [0.15, 0.2) is 5.58 Å². The van der Waals surface area contributed by atoms with Gasteiger partial charge in [0.2, 0.25) is 0 Å². The van der Waals surface area contributed by atoms with E-state index >= 15 is 0 Å². The van der Waals surface area contributed by atoms with Gasteiger partial charge in [-0.3, -0.25) is 0 Å². The number of furan rings is 2. The molecule has 0 atom stereocenters. The average molecular weight is 652 g/mol. The number of rotatable bonds is 4. The van der Waals surface area contributed by atoms with Gasteiger partial charge in [0.1, 0.15) is 16.7 Å². The summed E-state index contributed by atoms with van der Waals surface area (Å²) < 4.78 is 15.9. The van der Waals surface area contributed by atoms with Gasteiger partial charge in [0.25, 0.3) is 0 Å². The van der Waals surface area contributed by atoms with Gasteiger partial charge in [-0.2, -0.15) is 0 Å². The van der Waals surface area contributed by atoms with Crippen LogP contribution in [0.2, 0.25) is 0 Å². The standard InChI is InChI=1S/C48H29NO2/c1-3-12-30(13-4-1)32-23-27-42-40(28-32)36-16-7-9-19-41(36)49(42)43-20-11-18-39-46-34(25-26-35(48(46)51-47(39)43)31-14-5-2-6-15-31)33-22-24-38-37-17-8-10-21-44(37)50-45(38)29-33/h1-29H. The molecule has 0 aliphatic carbocycles. The van der Waals surface area contributed by atoms with Gasteiger partial charge in [0.05, 0.1) is 16.7 Å². The minimum absolute atomic E-state index is 0.858. The summed E-state index contributed by atoms with van der Waals surface area (Å²) in [6.45, 7) is 0. The molecule has 8 aromatic carbocycles. The van der Waals surface area contributed by atoms with Crippen molar-refractivity contribution >= 4 is 65.7 Å². The molecule has 51 heavy (non-hydrogen) atoms. The molecule has 0 N–H and O–H groups in total. The Morgan fingerprint density at radius 1 is 0.333 bits per heavy atom. The Labute approximate surface area is 293 Å². The highest BCUT2D eigenvalue weighted by Gasteiger charge is 2.22. The van der Waals surface area contributed by atoms with Crippen LogP contribution in [0.25, 0.3) is 105 Å². The lowest BCUT2D eigenvalue weighted by molar-refractivity contribution is 0.667. The molecular formula is C48H29NO2. The van der Waals surface area contributed by atoms with Gasteiger partial charge < -0.3 is 13.4 Å². The maximum Gasteiger partial charge on any atom is 0.159 e. The van der Waals surface area contributed by atoms with Crippen LogP contribution in [0.4, 0.5) is 0 Å². The summed E-state index contributed by atoms with van der Waals surface area (Å²) in [6.07, 6.45) is 0. The fraction of sp³-hybridized carbons (Fsp3) is 0. The van der Waals surface area contributed by atoms with Gasteiger partial charge in [-0.15, -0.1) is 0 Å². The largest absolute Gasteiger partial charge is 0.456 e. The van der Waals surface area contributed by atoms with E-state index in [1.165, 1.54) is 21.9 Å². The molecule has 11 rings (SSSR count). The first kappa shape index (κ1) is 28.0. The molecule has 11 aromatic rings. The van der Waals surface area contributed by atoms with Crippen molar-refractivity contribution in [2.45, 2.75) is 0 Å². The number of fused-ring (bicyclic) bond motifs is 9. The van der Waals surface area contributed by atoms with E-state index in [1.807, 2.05) is 12.1 Å². The van der Waals surface area contributed by atoms with Crippen molar-refractivity contribution < 1.29 is 8.83 Å². The highest BCUT2D eigenvalue weighted by Crippen LogP contribution is 2.45. The van der Waals surface area contributed by atoms with Crippen LogP contribution in [-0.2, 0) is 0 Å². The third-order valence-corrected chi connectivity index (χ3v) is 10.4. The van der Waals surface area contributed by atoms with Crippen LogP contribution in [0.5, 0.6) is 0 Å². The zero-order chi connectivity index (χ0) is 33.5. The summed E-state index contributed by atoms with van der Waals surface area (Å²) in [5, 5.41) is 6.84. The molecule has 0 spiro atoms. The van der Waals surface area contributed by atoms with E-state index in [2.05, 4.69) is 168 Å². The Morgan fingerprint density at radius 3 is 1.86 bits per heavy atom. The number of benzene rings is 8. The molecular weight excluding hydrogens is 623 g/mol. The van der Waals surface area contributed by atoms with E-state index in [9.17, 15) is 0 Å². The zero-order valence-corrected chi connectivity index (χ0v) is 27.5. The highest BCUT2D eigenvalue weighted by atomic mass is 16.3. The second-order valence-corrected chi connectivity index (χ2v) is 13.2. The Balaban J connectivity index is 1.20. The Morgan fingerprint density at radius 2 is 1.00 bits per heavy atom. The number of nitrogens with zero attached hydrogens (tertiary/aromatic N) is 1. The topological polar surface area (TPSA) is 31.2 Å². The molecule has 0 bridgehead atoms. The van der Waals surface area contributed by atoms with E-state index in [4.69, 9.17) is 8.83 Å². The quantitative estimate of drug-likeness (QED) is 0.190. The lowest BCUT2D eigenvalue weighted by Gasteiger charge is -2.09. The SMILES string of the molecule is c1ccc(-c2ccc3c(c2)c2ccccc2n3-c2cccc3c2oc2c(-c4ccccc4)ccc(-c4ccc5c(c4)oc4ccccc45)c23)cc1. The summed E-state index contributed by atoms with van der Waals surface area (Å²) in [6, 6.07) is 62.4. The Hall–Kier alpha value is -6.84. The van der Waals surface area contributed by atoms with Crippen molar-refractivity contribution in [1.82, 2.24) is 4.57 Å². The monoisotopic (exact) mass is 651 g/mol. The minimum Gasteiger partial charge on any atom is -0.456 e. The number of hydrogen-bond donors (Lipinski definition) is 0. The van der Waals surface area contributed by atoms with Gasteiger partial charge in [-0.25, -0.2) is 0 Å². The molecule has 0 saturated heterocycles. The van der Waals surface area contributed by atoms with Crippen molar-refractivity contribution in [2.24, 2.45) is 0 Å². The summed E-state index contributed by atoms with van der Waals surface area (Å²) in [5.74, 6) is 0. The molecule has 0 radical (unpaired) electrons. The van der Waals surface area contributed by atoms with Crippen LogP contribution in [0, 0.1) is 0 Å². The van der Waals surface area contributed by atoms with Crippen molar-refractivity contribution in [3.63, 3.8) is 0 Å². The lowest BCUT2D eigenvalue weighted by Crippen LogP contribution is -1.94. The van der Waals surface area contributed by atoms with Gasteiger partial charge in [0, 0.05) is 37.9 Å². The van der Waals surface area contributed by atoms with Crippen molar-refractivity contribution in [3.8, 4) is 39.1 Å². The van der Waals surface area contributed by atoms with Gasteiger partial charge in [-0.05, 0) is 76.3 Å². The molecule has 3 aromatic heterocycles. The molecule has 3 heteroatoms. The van der Waals surface area contributed by atoms with Crippen LogP contribution in [0.3, 0.4) is 0 Å². The van der Waals surface area contributed by atoms with E-state index < -0.39 is 0 Å². The van der Waals surface area contributed by atoms with Crippen molar-refractivity contribution in [1.29, 1.82) is 0 Å². The first-order valence-electron chi connectivity index (χ1n) is 17.3. The smallest absolute Gasteiger partial charge is 0.159 e. The predicted octanol–water partition coefficient (Wildman–Crippen LogP) is 13.6. The van der Waals surface area contributed by atoms with E-state index in [1.54, 1.807) is 0 Å². The normalized spacial score (nSPS) is 11.9. The summed E-state index contributed by atoms with van der Waals surface area (Å²) in [5.41, 5.74) is 13.6. The first-order valence-corrected chi connectivity index (χ1v) is 17.3. The fourth-order valence-electron chi connectivity index (χ4n) is 8.08. The van der Waals surface area contributed by atoms with E-state index in [-0.39, 0.29) is 0 Å². The molecule has 0 unspecified atom stereocenters. The second-order valence-electron chi connectivity index (χ2n) is 13.2. The molecule has 0 fully saturated rings. The third-order valence-electron chi connectivity index (χ3n) is 10.4.